The van der Waals surface area contributed by atoms with Gasteiger partial charge in [-0.2, -0.15) is 0 Å². The summed E-state index contributed by atoms with van der Waals surface area (Å²) in [6.07, 6.45) is 2.51. The molecule has 1 saturated heterocycles. The summed E-state index contributed by atoms with van der Waals surface area (Å²) in [6, 6.07) is 17.2. The van der Waals surface area contributed by atoms with Crippen LogP contribution in [0.15, 0.2) is 64.6 Å². The van der Waals surface area contributed by atoms with Crippen molar-refractivity contribution < 1.29 is 14.4 Å². The Balaban J connectivity index is 1.21. The van der Waals surface area contributed by atoms with Crippen molar-refractivity contribution in [2.45, 2.75) is 38.6 Å². The molecule has 1 atom stereocenters. The van der Waals surface area contributed by atoms with Crippen LogP contribution in [0.3, 0.4) is 0 Å². The predicted molar refractivity (Wildman–Crippen MR) is 156 cm³/mol. The van der Waals surface area contributed by atoms with E-state index >= 15 is 0 Å². The largest absolute Gasteiger partial charge is 0.368 e. The Morgan fingerprint density at radius 3 is 2.54 bits per heavy atom. The number of para-hydroxylation sites is 2. The molecule has 10 heteroatoms. The molecule has 5 rings (SSSR count). The number of hydrogen-bond donors (Lipinski definition) is 1. The fraction of sp³-hybridized carbons (Fsp3) is 0.414. The molecule has 0 saturated carbocycles. The lowest BCUT2D eigenvalue weighted by Crippen LogP contribution is -2.49. The molecular formula is C29H34N6O3S. The second-order valence-corrected chi connectivity index (χ2v) is 10.7. The SMILES string of the molecule is CCCCNC(=O)CC[C@@H]1N=C2c3ccccc3N=C(SCC(=O)N3CCN(c4ccccc4)CC3)N2C1=O. The van der Waals surface area contributed by atoms with Crippen molar-refractivity contribution >= 4 is 51.9 Å². The summed E-state index contributed by atoms with van der Waals surface area (Å²) in [5, 5.41) is 3.36. The number of amidine groups is 2. The monoisotopic (exact) mass is 546 g/mol. The molecule has 39 heavy (non-hydrogen) atoms. The van der Waals surface area contributed by atoms with E-state index in [1.807, 2.05) is 47.4 Å². The molecule has 3 amide bonds. The highest BCUT2D eigenvalue weighted by molar-refractivity contribution is 8.14. The quantitative estimate of drug-likeness (QED) is 0.486. The van der Waals surface area contributed by atoms with E-state index in [0.29, 0.717) is 37.1 Å². The van der Waals surface area contributed by atoms with E-state index in [4.69, 9.17) is 9.98 Å². The first kappa shape index (κ1) is 26.9. The molecule has 204 valence electrons. The van der Waals surface area contributed by atoms with Gasteiger partial charge in [0.2, 0.25) is 11.8 Å². The van der Waals surface area contributed by atoms with Gasteiger partial charge in [0.1, 0.15) is 11.9 Å². The van der Waals surface area contributed by atoms with Crippen LogP contribution in [0.1, 0.15) is 38.2 Å². The molecule has 2 aromatic carbocycles. The number of carbonyl (C=O) groups excluding carboxylic acids is 3. The zero-order valence-electron chi connectivity index (χ0n) is 22.2. The van der Waals surface area contributed by atoms with Gasteiger partial charge in [-0.25, -0.2) is 9.89 Å². The number of nitrogens with one attached hydrogen (secondary N) is 1. The summed E-state index contributed by atoms with van der Waals surface area (Å²) in [7, 11) is 0. The first-order chi connectivity index (χ1) is 19.0. The molecule has 9 nitrogen and oxygen atoms in total. The van der Waals surface area contributed by atoms with Crippen LogP contribution in [-0.4, -0.2) is 83.0 Å². The number of aliphatic imine (C=N–C) groups is 2. The number of benzene rings is 2. The average molecular weight is 547 g/mol. The van der Waals surface area contributed by atoms with E-state index in [1.54, 1.807) is 0 Å². The van der Waals surface area contributed by atoms with Crippen molar-refractivity contribution in [1.82, 2.24) is 15.1 Å². The van der Waals surface area contributed by atoms with Crippen LogP contribution < -0.4 is 10.2 Å². The average Bonchev–Trinajstić information content (AvgIpc) is 3.31. The van der Waals surface area contributed by atoms with Gasteiger partial charge in [-0.1, -0.05) is 55.4 Å². The molecule has 3 heterocycles. The summed E-state index contributed by atoms with van der Waals surface area (Å²) >= 11 is 1.27. The van der Waals surface area contributed by atoms with Crippen LogP contribution in [0.25, 0.3) is 0 Å². The molecule has 3 aliphatic heterocycles. The van der Waals surface area contributed by atoms with Crippen LogP contribution in [0.5, 0.6) is 0 Å². The Kier molecular flexibility index (Phi) is 8.61. The summed E-state index contributed by atoms with van der Waals surface area (Å²) in [5.74, 6) is 0.501. The maximum Gasteiger partial charge on any atom is 0.259 e. The van der Waals surface area contributed by atoms with Gasteiger partial charge in [0.15, 0.2) is 5.17 Å². The van der Waals surface area contributed by atoms with E-state index in [9.17, 15) is 14.4 Å². The maximum absolute atomic E-state index is 13.4. The van der Waals surface area contributed by atoms with E-state index in [0.717, 1.165) is 37.2 Å². The molecule has 0 aromatic heterocycles. The van der Waals surface area contributed by atoms with Crippen molar-refractivity contribution in [1.29, 1.82) is 0 Å². The first-order valence-electron chi connectivity index (χ1n) is 13.6. The number of rotatable bonds is 9. The number of carbonyl (C=O) groups is 3. The number of amides is 3. The maximum atomic E-state index is 13.4. The lowest BCUT2D eigenvalue weighted by atomic mass is 10.1. The van der Waals surface area contributed by atoms with E-state index in [-0.39, 0.29) is 29.9 Å². The van der Waals surface area contributed by atoms with Gasteiger partial charge in [0.05, 0.1) is 11.4 Å². The van der Waals surface area contributed by atoms with Gasteiger partial charge in [-0.3, -0.25) is 19.4 Å². The highest BCUT2D eigenvalue weighted by Gasteiger charge is 2.41. The number of anilines is 1. The lowest BCUT2D eigenvalue weighted by Gasteiger charge is -2.36. The normalized spacial score (nSPS) is 18.3. The second-order valence-electron chi connectivity index (χ2n) is 9.79. The highest BCUT2D eigenvalue weighted by Crippen LogP contribution is 2.34. The molecule has 0 aliphatic carbocycles. The number of unbranched alkanes of at least 4 members (excludes halogenated alkanes) is 1. The molecule has 0 unspecified atom stereocenters. The van der Waals surface area contributed by atoms with Gasteiger partial charge in [0, 0.05) is 50.4 Å². The molecule has 0 spiro atoms. The molecule has 1 fully saturated rings. The zero-order chi connectivity index (χ0) is 27.2. The number of fused-ring (bicyclic) bond motifs is 3. The molecule has 3 aliphatic rings. The Morgan fingerprint density at radius 1 is 1.03 bits per heavy atom. The van der Waals surface area contributed by atoms with Gasteiger partial charge in [-0.05, 0) is 37.1 Å². The zero-order valence-corrected chi connectivity index (χ0v) is 23.0. The predicted octanol–water partition coefficient (Wildman–Crippen LogP) is 3.42. The Labute approximate surface area is 233 Å². The van der Waals surface area contributed by atoms with E-state index < -0.39 is 6.04 Å². The van der Waals surface area contributed by atoms with Crippen LogP contribution in [0.4, 0.5) is 11.4 Å². The Morgan fingerprint density at radius 2 is 1.77 bits per heavy atom. The summed E-state index contributed by atoms with van der Waals surface area (Å²) in [5.41, 5.74) is 2.68. The van der Waals surface area contributed by atoms with E-state index in [2.05, 4.69) is 29.3 Å². The summed E-state index contributed by atoms with van der Waals surface area (Å²) in [6.45, 7) is 5.59. The minimum Gasteiger partial charge on any atom is -0.368 e. The second kappa shape index (κ2) is 12.5. The van der Waals surface area contributed by atoms with Crippen LogP contribution >= 0.6 is 11.8 Å². The third-order valence-electron chi connectivity index (χ3n) is 7.12. The topological polar surface area (TPSA) is 97.7 Å². The van der Waals surface area contributed by atoms with Crippen molar-refractivity contribution in [2.24, 2.45) is 9.98 Å². The third-order valence-corrected chi connectivity index (χ3v) is 8.05. The molecule has 0 radical (unpaired) electrons. The highest BCUT2D eigenvalue weighted by atomic mass is 32.2. The van der Waals surface area contributed by atoms with Gasteiger partial charge in [-0.15, -0.1) is 0 Å². The number of hydrogen-bond acceptors (Lipinski definition) is 7. The molecule has 0 bridgehead atoms. The standard InChI is InChI=1S/C29H34N6O3S/c1-2-3-15-30-25(36)14-13-24-28(38)35-27(31-24)22-11-7-8-12-23(22)32-29(35)39-20-26(37)34-18-16-33(17-19-34)21-9-5-4-6-10-21/h4-12,24H,2-3,13-20H2,1H3,(H,30,36)/t24-/m0/s1. The van der Waals surface area contributed by atoms with Gasteiger partial charge >= 0.3 is 0 Å². The van der Waals surface area contributed by atoms with Crippen molar-refractivity contribution in [3.63, 3.8) is 0 Å². The Bertz CT molecular complexity index is 1270. The number of nitrogens with zero attached hydrogens (tertiary/aromatic N) is 5. The van der Waals surface area contributed by atoms with Gasteiger partial charge in [0.25, 0.3) is 5.91 Å². The fourth-order valence-electron chi connectivity index (χ4n) is 4.92. The third kappa shape index (κ3) is 6.16. The van der Waals surface area contributed by atoms with Crippen molar-refractivity contribution in [3.8, 4) is 0 Å². The first-order valence-corrected chi connectivity index (χ1v) is 14.6. The van der Waals surface area contributed by atoms with Crippen LogP contribution in [0, 0.1) is 0 Å². The van der Waals surface area contributed by atoms with Gasteiger partial charge < -0.3 is 15.1 Å². The molecule has 1 N–H and O–H groups in total. The number of thioether (sulfide) groups is 1. The summed E-state index contributed by atoms with van der Waals surface area (Å²) < 4.78 is 0. The van der Waals surface area contributed by atoms with E-state index in [1.165, 1.54) is 22.3 Å². The minimum atomic E-state index is -0.643. The smallest absolute Gasteiger partial charge is 0.259 e. The lowest BCUT2D eigenvalue weighted by molar-refractivity contribution is -0.129. The van der Waals surface area contributed by atoms with Crippen molar-refractivity contribution in [2.75, 3.05) is 43.4 Å². The number of piperazine rings is 1. The molecular weight excluding hydrogens is 512 g/mol. The molecule has 2 aromatic rings. The fourth-order valence-corrected chi connectivity index (χ4v) is 5.82. The minimum absolute atomic E-state index is 0.0275. The van der Waals surface area contributed by atoms with Crippen LogP contribution in [-0.2, 0) is 14.4 Å². The summed E-state index contributed by atoms with van der Waals surface area (Å²) in [4.78, 5) is 53.9. The van der Waals surface area contributed by atoms with Crippen LogP contribution in [0.2, 0.25) is 0 Å². The van der Waals surface area contributed by atoms with Crippen molar-refractivity contribution in [3.05, 3.63) is 60.2 Å². The Hall–Kier alpha value is -3.66.